The van der Waals surface area contributed by atoms with Crippen LogP contribution in [-0.4, -0.2) is 24.3 Å². The number of hydrogen-bond acceptors (Lipinski definition) is 2. The first-order chi connectivity index (χ1) is 8.74. The van der Waals surface area contributed by atoms with Crippen molar-refractivity contribution < 1.29 is 14.6 Å². The van der Waals surface area contributed by atoms with Crippen molar-refractivity contribution in [3.63, 3.8) is 0 Å². The van der Waals surface area contributed by atoms with Crippen LogP contribution in [-0.2, 0) is 20.4 Å². The zero-order chi connectivity index (χ0) is 14.3. The van der Waals surface area contributed by atoms with E-state index >= 15 is 0 Å². The molecule has 0 aliphatic carbocycles. The van der Waals surface area contributed by atoms with E-state index in [0.717, 1.165) is 11.1 Å². The van der Waals surface area contributed by atoms with E-state index < -0.39 is 5.97 Å². The van der Waals surface area contributed by atoms with E-state index in [1.165, 1.54) is 5.56 Å². The summed E-state index contributed by atoms with van der Waals surface area (Å²) < 4.78 is 5.28. The Morgan fingerprint density at radius 1 is 1.37 bits per heavy atom. The predicted molar refractivity (Wildman–Crippen MR) is 74.6 cm³/mol. The van der Waals surface area contributed by atoms with Crippen LogP contribution in [0.4, 0.5) is 0 Å². The molecule has 0 aromatic heterocycles. The van der Waals surface area contributed by atoms with Crippen molar-refractivity contribution >= 4 is 5.97 Å². The average molecular weight is 262 g/mol. The third kappa shape index (κ3) is 2.66. The molecule has 1 fully saturated rings. The molecule has 1 aliphatic rings. The summed E-state index contributed by atoms with van der Waals surface area (Å²) in [6, 6.07) is 6.38. The lowest BCUT2D eigenvalue weighted by atomic mass is 9.73. The Morgan fingerprint density at radius 2 is 2.00 bits per heavy atom. The highest BCUT2D eigenvalue weighted by Gasteiger charge is 2.43. The molecule has 0 unspecified atom stereocenters. The average Bonchev–Trinajstić information content (AvgIpc) is 2.22. The van der Waals surface area contributed by atoms with Gasteiger partial charge in [-0.25, -0.2) is 0 Å². The van der Waals surface area contributed by atoms with Crippen LogP contribution in [0.15, 0.2) is 18.2 Å². The second-order valence-corrected chi connectivity index (χ2v) is 6.62. The van der Waals surface area contributed by atoms with Gasteiger partial charge in [0.25, 0.3) is 0 Å². The monoisotopic (exact) mass is 262 g/mol. The first-order valence-electron chi connectivity index (χ1n) is 6.66. The first kappa shape index (κ1) is 14.1. The van der Waals surface area contributed by atoms with Crippen molar-refractivity contribution in [3.05, 3.63) is 34.9 Å². The lowest BCUT2D eigenvalue weighted by Gasteiger charge is -2.42. The lowest BCUT2D eigenvalue weighted by molar-refractivity contribution is -0.145. The van der Waals surface area contributed by atoms with Crippen molar-refractivity contribution in [1.82, 2.24) is 0 Å². The summed E-state index contributed by atoms with van der Waals surface area (Å²) in [5.74, 6) is -0.761. The number of hydrogen-bond donors (Lipinski definition) is 1. The fourth-order valence-electron chi connectivity index (χ4n) is 2.72. The zero-order valence-corrected chi connectivity index (χ0v) is 12.1. The van der Waals surface area contributed by atoms with Crippen molar-refractivity contribution in [3.8, 4) is 0 Å². The number of carbonyl (C=O) groups is 1. The lowest BCUT2D eigenvalue weighted by Crippen LogP contribution is -2.48. The number of carboxylic acids is 1. The molecule has 1 N–H and O–H groups in total. The van der Waals surface area contributed by atoms with Gasteiger partial charge in [0.05, 0.1) is 25.0 Å². The molecule has 1 saturated heterocycles. The Balaban J connectivity index is 2.38. The van der Waals surface area contributed by atoms with Crippen LogP contribution < -0.4 is 0 Å². The molecular weight excluding hydrogens is 240 g/mol. The Labute approximate surface area is 114 Å². The van der Waals surface area contributed by atoms with Crippen molar-refractivity contribution in [2.75, 3.05) is 13.2 Å². The van der Waals surface area contributed by atoms with Crippen LogP contribution in [0.25, 0.3) is 0 Å². The smallest absolute Gasteiger partial charge is 0.304 e. The molecular formula is C16H22O3. The number of rotatable bonds is 3. The van der Waals surface area contributed by atoms with Gasteiger partial charge in [-0.05, 0) is 29.0 Å². The molecule has 104 valence electrons. The fraction of sp³-hybridized carbons (Fsp3) is 0.562. The fourth-order valence-corrected chi connectivity index (χ4v) is 2.72. The van der Waals surface area contributed by atoms with Gasteiger partial charge in [-0.2, -0.15) is 0 Å². The van der Waals surface area contributed by atoms with Crippen LogP contribution in [0.1, 0.15) is 43.9 Å². The highest BCUT2D eigenvalue weighted by atomic mass is 16.5. The molecule has 3 heteroatoms. The highest BCUT2D eigenvalue weighted by molar-refractivity contribution is 5.69. The highest BCUT2D eigenvalue weighted by Crippen LogP contribution is 2.38. The van der Waals surface area contributed by atoms with E-state index in [9.17, 15) is 4.79 Å². The molecule has 0 atom stereocenters. The van der Waals surface area contributed by atoms with Crippen molar-refractivity contribution in [2.24, 2.45) is 0 Å². The topological polar surface area (TPSA) is 46.5 Å². The second kappa shape index (κ2) is 4.64. The third-order valence-corrected chi connectivity index (χ3v) is 3.91. The maximum absolute atomic E-state index is 11.1. The van der Waals surface area contributed by atoms with Crippen LogP contribution in [0.2, 0.25) is 0 Å². The molecule has 0 bridgehead atoms. The van der Waals surface area contributed by atoms with E-state index in [1.54, 1.807) is 0 Å². The van der Waals surface area contributed by atoms with Crippen LogP contribution >= 0.6 is 0 Å². The Bertz CT molecular complexity index is 493. The van der Waals surface area contributed by atoms with Crippen LogP contribution in [0, 0.1) is 6.92 Å². The molecule has 0 radical (unpaired) electrons. The Morgan fingerprint density at radius 3 is 2.37 bits per heavy atom. The van der Waals surface area contributed by atoms with Crippen molar-refractivity contribution in [2.45, 2.75) is 44.9 Å². The summed E-state index contributed by atoms with van der Waals surface area (Å²) in [5, 5.41) is 9.09. The van der Waals surface area contributed by atoms with Gasteiger partial charge in [0.2, 0.25) is 0 Å². The Hall–Kier alpha value is -1.35. The van der Waals surface area contributed by atoms with E-state index in [4.69, 9.17) is 9.84 Å². The van der Waals surface area contributed by atoms with Gasteiger partial charge in [0, 0.05) is 0 Å². The molecule has 1 heterocycles. The maximum atomic E-state index is 11.1. The van der Waals surface area contributed by atoms with Gasteiger partial charge in [0.15, 0.2) is 0 Å². The SMILES string of the molecule is Cc1cc(C(C)(C)C)ccc1C1(CC(=O)O)COC1. The van der Waals surface area contributed by atoms with Crippen LogP contribution in [0.5, 0.6) is 0 Å². The molecule has 2 rings (SSSR count). The molecule has 0 amide bonds. The first-order valence-corrected chi connectivity index (χ1v) is 6.66. The standard InChI is InChI=1S/C16H22O3/c1-11-7-12(15(2,3)4)5-6-13(11)16(8-14(17)18)9-19-10-16/h5-7H,8-10H2,1-4H3,(H,17,18). The molecule has 0 saturated carbocycles. The number of ether oxygens (including phenoxy) is 1. The summed E-state index contributed by atoms with van der Waals surface area (Å²) in [4.78, 5) is 11.1. The third-order valence-electron chi connectivity index (χ3n) is 3.91. The minimum absolute atomic E-state index is 0.110. The Kier molecular flexibility index (Phi) is 3.43. The van der Waals surface area contributed by atoms with Gasteiger partial charge in [-0.1, -0.05) is 39.0 Å². The summed E-state index contributed by atoms with van der Waals surface area (Å²) in [6.07, 6.45) is 0.142. The van der Waals surface area contributed by atoms with Gasteiger partial charge in [0.1, 0.15) is 0 Å². The molecule has 0 spiro atoms. The summed E-state index contributed by atoms with van der Waals surface area (Å²) >= 11 is 0. The maximum Gasteiger partial charge on any atom is 0.304 e. The molecule has 1 aromatic carbocycles. The van der Waals surface area contributed by atoms with E-state index in [2.05, 4.69) is 45.9 Å². The zero-order valence-electron chi connectivity index (χ0n) is 12.1. The predicted octanol–water partition coefficient (Wildman–Crippen LogP) is 3.04. The number of aryl methyl sites for hydroxylation is 1. The minimum Gasteiger partial charge on any atom is -0.481 e. The van der Waals surface area contributed by atoms with E-state index in [0.29, 0.717) is 13.2 Å². The molecule has 1 aliphatic heterocycles. The van der Waals surface area contributed by atoms with Crippen molar-refractivity contribution in [1.29, 1.82) is 0 Å². The molecule has 3 nitrogen and oxygen atoms in total. The van der Waals surface area contributed by atoms with Gasteiger partial charge >= 0.3 is 5.97 Å². The largest absolute Gasteiger partial charge is 0.481 e. The minimum atomic E-state index is -0.761. The summed E-state index contributed by atoms with van der Waals surface area (Å²) in [5.41, 5.74) is 3.34. The van der Waals surface area contributed by atoms with Gasteiger partial charge < -0.3 is 9.84 Å². The number of aliphatic carboxylic acids is 1. The number of benzene rings is 1. The van der Waals surface area contributed by atoms with Gasteiger partial charge in [-0.15, -0.1) is 0 Å². The summed E-state index contributed by atoms with van der Waals surface area (Å²) in [7, 11) is 0. The molecule has 1 aromatic rings. The quantitative estimate of drug-likeness (QED) is 0.910. The second-order valence-electron chi connectivity index (χ2n) is 6.62. The van der Waals surface area contributed by atoms with Crippen LogP contribution in [0.3, 0.4) is 0 Å². The van der Waals surface area contributed by atoms with E-state index in [-0.39, 0.29) is 17.3 Å². The van der Waals surface area contributed by atoms with Gasteiger partial charge in [-0.3, -0.25) is 4.79 Å². The summed E-state index contributed by atoms with van der Waals surface area (Å²) in [6.45, 7) is 9.62. The van der Waals surface area contributed by atoms with E-state index in [1.807, 2.05) is 0 Å². The number of carboxylic acid groups (broad SMARTS) is 1. The molecule has 19 heavy (non-hydrogen) atoms. The normalized spacial score (nSPS) is 17.9.